The van der Waals surface area contributed by atoms with Gasteiger partial charge in [0.2, 0.25) is 5.91 Å². The Morgan fingerprint density at radius 3 is 2.26 bits per heavy atom. The van der Waals surface area contributed by atoms with Crippen LogP contribution in [0.4, 0.5) is 24.5 Å². The third-order valence-corrected chi connectivity index (χ3v) is 6.61. The molecule has 198 valence electrons. The molecule has 2 amide bonds. The van der Waals surface area contributed by atoms with E-state index < -0.39 is 17.6 Å². The van der Waals surface area contributed by atoms with E-state index in [0.29, 0.717) is 41.4 Å². The minimum Gasteiger partial charge on any atom is -0.489 e. The number of anilines is 2. The number of hydrogen-bond donors (Lipinski definition) is 0. The molecule has 0 fully saturated rings. The van der Waals surface area contributed by atoms with Crippen molar-refractivity contribution in [1.82, 2.24) is 0 Å². The summed E-state index contributed by atoms with van der Waals surface area (Å²) in [5.41, 5.74) is 2.56. The van der Waals surface area contributed by atoms with Crippen molar-refractivity contribution in [3.63, 3.8) is 0 Å². The van der Waals surface area contributed by atoms with Gasteiger partial charge in [-0.3, -0.25) is 14.5 Å². The molecule has 4 aromatic carbocycles. The van der Waals surface area contributed by atoms with Gasteiger partial charge < -0.3 is 9.64 Å². The highest BCUT2D eigenvalue weighted by molar-refractivity contribution is 6.17. The van der Waals surface area contributed by atoms with Crippen LogP contribution in [0.5, 0.6) is 5.75 Å². The summed E-state index contributed by atoms with van der Waals surface area (Å²) in [4.78, 5) is 30.0. The van der Waals surface area contributed by atoms with Crippen LogP contribution in [0, 0.1) is 0 Å². The van der Waals surface area contributed by atoms with E-state index in [-0.39, 0.29) is 18.0 Å². The Bertz CT molecular complexity index is 1500. The summed E-state index contributed by atoms with van der Waals surface area (Å²) < 4.78 is 45.2. The Balaban J connectivity index is 1.48. The third kappa shape index (κ3) is 5.36. The summed E-state index contributed by atoms with van der Waals surface area (Å²) in [5.74, 6) is -0.109. The second-order valence-corrected chi connectivity index (χ2v) is 9.07. The maximum absolute atomic E-state index is 13.9. The van der Waals surface area contributed by atoms with Crippen LogP contribution in [0.15, 0.2) is 97.1 Å². The number of amides is 2. The Labute approximate surface area is 224 Å². The molecule has 0 unspecified atom stereocenters. The molecule has 39 heavy (non-hydrogen) atoms. The molecule has 0 N–H and O–H groups in total. The zero-order chi connectivity index (χ0) is 27.6. The largest absolute Gasteiger partial charge is 0.489 e. The van der Waals surface area contributed by atoms with E-state index in [1.165, 1.54) is 17.0 Å². The average Bonchev–Trinajstić information content (AvgIpc) is 2.95. The van der Waals surface area contributed by atoms with Crippen molar-refractivity contribution in [2.45, 2.75) is 19.7 Å². The van der Waals surface area contributed by atoms with Gasteiger partial charge in [0, 0.05) is 18.2 Å². The highest BCUT2D eigenvalue weighted by atomic mass is 19.4. The Morgan fingerprint density at radius 2 is 1.56 bits per heavy atom. The van der Waals surface area contributed by atoms with Crippen molar-refractivity contribution < 1.29 is 27.5 Å². The number of alkyl halides is 3. The fourth-order valence-electron chi connectivity index (χ4n) is 4.65. The molecule has 0 bridgehead atoms. The molecule has 0 saturated carbocycles. The number of likely N-dealkylation sites (N-methyl/N-ethyl adjacent to an activating group) is 1. The number of fused-ring (bicyclic) bond motifs is 1. The number of carbonyl (C=O) groups is 2. The first-order chi connectivity index (χ1) is 18.8. The molecule has 1 aliphatic heterocycles. The summed E-state index contributed by atoms with van der Waals surface area (Å²) in [5, 5.41) is 0. The molecule has 0 saturated heterocycles. The van der Waals surface area contributed by atoms with Crippen LogP contribution in [0.3, 0.4) is 0 Å². The van der Waals surface area contributed by atoms with Gasteiger partial charge in [0.25, 0.3) is 5.91 Å². The van der Waals surface area contributed by atoms with E-state index in [1.807, 2.05) is 37.3 Å². The van der Waals surface area contributed by atoms with Gasteiger partial charge in [-0.05, 0) is 53.9 Å². The minimum absolute atomic E-state index is 0.161. The Kier molecular flexibility index (Phi) is 7.11. The lowest BCUT2D eigenvalue weighted by Crippen LogP contribution is -2.48. The second-order valence-electron chi connectivity index (χ2n) is 9.07. The number of ether oxygens (including phenoxy) is 1. The van der Waals surface area contributed by atoms with Crippen molar-refractivity contribution in [2.24, 2.45) is 0 Å². The quantitative estimate of drug-likeness (QED) is 0.271. The summed E-state index contributed by atoms with van der Waals surface area (Å²) in [6, 6.07) is 26.3. The first-order valence-corrected chi connectivity index (χ1v) is 12.5. The van der Waals surface area contributed by atoms with E-state index in [9.17, 15) is 22.8 Å². The van der Waals surface area contributed by atoms with Gasteiger partial charge in [0.1, 0.15) is 18.9 Å². The monoisotopic (exact) mass is 530 g/mol. The van der Waals surface area contributed by atoms with Crippen LogP contribution in [0.25, 0.3) is 11.1 Å². The number of nitrogens with zero attached hydrogens (tertiary/aromatic N) is 2. The number of carbonyl (C=O) groups excluding carboxylic acids is 2. The lowest BCUT2D eigenvalue weighted by molar-refractivity contribution is -0.137. The van der Waals surface area contributed by atoms with Crippen LogP contribution >= 0.6 is 0 Å². The van der Waals surface area contributed by atoms with Gasteiger partial charge in [-0.1, -0.05) is 60.7 Å². The van der Waals surface area contributed by atoms with Crippen LogP contribution in [0.1, 0.15) is 28.4 Å². The van der Waals surface area contributed by atoms with Crippen molar-refractivity contribution in [2.75, 3.05) is 22.9 Å². The van der Waals surface area contributed by atoms with Gasteiger partial charge in [-0.2, -0.15) is 13.2 Å². The van der Waals surface area contributed by atoms with Crippen LogP contribution in [-0.2, 0) is 17.6 Å². The summed E-state index contributed by atoms with van der Waals surface area (Å²) in [6.45, 7) is 2.46. The molecule has 1 heterocycles. The molecule has 0 radical (unpaired) electrons. The third-order valence-electron chi connectivity index (χ3n) is 6.61. The topological polar surface area (TPSA) is 49.9 Å². The molecule has 4 aromatic rings. The van der Waals surface area contributed by atoms with Crippen LogP contribution in [0.2, 0.25) is 0 Å². The SMILES string of the molecule is CCN1C(=O)CN(C(=O)c2ccccc2-c2ccc(C(F)(F)F)cc2)c2ccc(OCc3ccccc3)cc21. The normalized spacial score (nSPS) is 13.3. The van der Waals surface area contributed by atoms with E-state index in [0.717, 1.165) is 17.7 Å². The molecular weight excluding hydrogens is 505 g/mol. The maximum atomic E-state index is 13.9. The van der Waals surface area contributed by atoms with E-state index in [2.05, 4.69) is 0 Å². The van der Waals surface area contributed by atoms with Crippen molar-refractivity contribution in [1.29, 1.82) is 0 Å². The van der Waals surface area contributed by atoms with Crippen molar-refractivity contribution in [3.05, 3.63) is 114 Å². The molecular formula is C31H25F3N2O3. The molecule has 0 spiro atoms. The molecule has 0 aromatic heterocycles. The van der Waals surface area contributed by atoms with E-state index in [1.54, 1.807) is 47.4 Å². The number of rotatable bonds is 6. The molecule has 5 nitrogen and oxygen atoms in total. The molecule has 0 atom stereocenters. The highest BCUT2D eigenvalue weighted by Crippen LogP contribution is 2.39. The molecule has 8 heteroatoms. The number of hydrogen-bond acceptors (Lipinski definition) is 3. The first-order valence-electron chi connectivity index (χ1n) is 12.5. The first kappa shape index (κ1) is 26.0. The number of halogens is 3. The summed E-state index contributed by atoms with van der Waals surface area (Å²) in [6.07, 6.45) is -4.46. The van der Waals surface area contributed by atoms with Gasteiger partial charge in [-0.15, -0.1) is 0 Å². The van der Waals surface area contributed by atoms with Gasteiger partial charge in [-0.25, -0.2) is 0 Å². The fraction of sp³-hybridized carbons (Fsp3) is 0.161. The van der Waals surface area contributed by atoms with Crippen LogP contribution in [-0.4, -0.2) is 24.9 Å². The second kappa shape index (κ2) is 10.6. The standard InChI is InChI=1S/C31H25F3N2O3/c1-2-35-28-18-24(39-20-21-8-4-3-5-9-21)16-17-27(28)36(19-29(35)37)30(38)26-11-7-6-10-25(26)22-12-14-23(15-13-22)31(32,33)34/h3-18H,2,19-20H2,1H3. The van der Waals surface area contributed by atoms with Crippen molar-refractivity contribution in [3.8, 4) is 16.9 Å². The molecule has 5 rings (SSSR count). The Hall–Kier alpha value is -4.59. The lowest BCUT2D eigenvalue weighted by atomic mass is 9.97. The predicted molar refractivity (Wildman–Crippen MR) is 144 cm³/mol. The van der Waals surface area contributed by atoms with Crippen LogP contribution < -0.4 is 14.5 Å². The smallest absolute Gasteiger partial charge is 0.416 e. The number of benzene rings is 4. The molecule has 1 aliphatic rings. The lowest BCUT2D eigenvalue weighted by Gasteiger charge is -2.36. The summed E-state index contributed by atoms with van der Waals surface area (Å²) in [7, 11) is 0. The van der Waals surface area contributed by atoms with Gasteiger partial charge >= 0.3 is 6.18 Å². The van der Waals surface area contributed by atoms with Crippen molar-refractivity contribution >= 4 is 23.2 Å². The maximum Gasteiger partial charge on any atom is 0.416 e. The minimum atomic E-state index is -4.46. The summed E-state index contributed by atoms with van der Waals surface area (Å²) >= 11 is 0. The average molecular weight is 531 g/mol. The fourth-order valence-corrected chi connectivity index (χ4v) is 4.65. The molecule has 0 aliphatic carbocycles. The van der Waals surface area contributed by atoms with Gasteiger partial charge in [0.15, 0.2) is 0 Å². The Morgan fingerprint density at radius 1 is 0.872 bits per heavy atom. The van der Waals surface area contributed by atoms with E-state index >= 15 is 0 Å². The zero-order valence-electron chi connectivity index (χ0n) is 21.1. The van der Waals surface area contributed by atoms with E-state index in [4.69, 9.17) is 4.74 Å². The highest BCUT2D eigenvalue weighted by Gasteiger charge is 2.34. The zero-order valence-corrected chi connectivity index (χ0v) is 21.1. The van der Waals surface area contributed by atoms with Gasteiger partial charge in [0.05, 0.1) is 16.9 Å². The predicted octanol–water partition coefficient (Wildman–Crippen LogP) is 6.96.